The number of alkyl halides is 1. The van der Waals surface area contributed by atoms with Crippen LogP contribution in [0.2, 0.25) is 0 Å². The van der Waals surface area contributed by atoms with Gasteiger partial charge in [-0.1, -0.05) is 37.2 Å². The minimum absolute atomic E-state index is 0.0124. The molecule has 8 nitrogen and oxygen atoms in total. The van der Waals surface area contributed by atoms with Gasteiger partial charge in [-0.25, -0.2) is 9.37 Å². The van der Waals surface area contributed by atoms with Crippen LogP contribution in [0.15, 0.2) is 24.4 Å². The van der Waals surface area contributed by atoms with E-state index in [2.05, 4.69) is 37.2 Å². The van der Waals surface area contributed by atoms with Gasteiger partial charge < -0.3 is 10.0 Å². The lowest BCUT2D eigenvalue weighted by atomic mass is 9.60. The summed E-state index contributed by atoms with van der Waals surface area (Å²) in [7, 11) is 0. The Balaban J connectivity index is 1.26. The Kier molecular flexibility index (Phi) is 5.40. The fourth-order valence-corrected chi connectivity index (χ4v) is 6.66. The third-order valence-electron chi connectivity index (χ3n) is 7.81. The van der Waals surface area contributed by atoms with Crippen LogP contribution in [0.3, 0.4) is 0 Å². The Labute approximate surface area is 206 Å². The topological polar surface area (TPSA) is 112 Å². The van der Waals surface area contributed by atoms with E-state index in [-0.39, 0.29) is 22.2 Å². The monoisotopic (exact) mass is 491 g/mol. The van der Waals surface area contributed by atoms with Crippen LogP contribution in [-0.2, 0) is 0 Å². The molecule has 2 aromatic heterocycles. The van der Waals surface area contributed by atoms with E-state index in [0.717, 1.165) is 49.9 Å². The van der Waals surface area contributed by atoms with Crippen molar-refractivity contribution in [3.8, 4) is 33.8 Å². The molecular formula is C25H26FN7OS. The van der Waals surface area contributed by atoms with Gasteiger partial charge in [-0.2, -0.15) is 5.26 Å². The number of benzene rings is 1. The molecular weight excluding hydrogens is 465 g/mol. The van der Waals surface area contributed by atoms with Crippen LogP contribution in [0, 0.1) is 22.7 Å². The molecule has 10 heteroatoms. The van der Waals surface area contributed by atoms with Crippen LogP contribution >= 0.6 is 11.3 Å². The number of rotatable bonds is 5. The maximum absolute atomic E-state index is 15.9. The number of nitrogens with zero attached hydrogens (tertiary/aromatic N) is 7. The first-order chi connectivity index (χ1) is 16.9. The second kappa shape index (κ2) is 8.48. The molecule has 3 fully saturated rings. The molecule has 2 bridgehead atoms. The highest BCUT2D eigenvalue weighted by Gasteiger charge is 2.52. The highest BCUT2D eigenvalue weighted by atomic mass is 32.1. The molecule has 1 N–H and O–H groups in total. The van der Waals surface area contributed by atoms with Crippen molar-refractivity contribution in [3.05, 3.63) is 29.4 Å². The normalized spacial score (nSPS) is 27.9. The average Bonchev–Trinajstić information content (AvgIpc) is 3.57. The molecule has 0 aliphatic heterocycles. The Bertz CT molecular complexity index is 1290. The summed E-state index contributed by atoms with van der Waals surface area (Å²) in [5.74, 6) is 1.47. The van der Waals surface area contributed by atoms with Crippen molar-refractivity contribution in [1.29, 1.82) is 5.26 Å². The number of halogens is 1. The molecule has 3 aromatic rings. The molecule has 3 saturated carbocycles. The van der Waals surface area contributed by atoms with Crippen LogP contribution in [0.5, 0.6) is 5.75 Å². The summed E-state index contributed by atoms with van der Waals surface area (Å²) < 4.78 is 15.9. The van der Waals surface area contributed by atoms with Crippen LogP contribution in [0.4, 0.5) is 10.2 Å². The smallest absolute Gasteiger partial charge is 0.218 e. The number of nitriles is 1. The number of aromatic nitrogens is 5. The number of anilines is 1. The van der Waals surface area contributed by atoms with Gasteiger partial charge in [0.25, 0.3) is 0 Å². The van der Waals surface area contributed by atoms with E-state index in [1.807, 2.05) is 6.07 Å². The fourth-order valence-electron chi connectivity index (χ4n) is 6.02. The Morgan fingerprint density at radius 2 is 2.06 bits per heavy atom. The fraction of sp³-hybridized carbons (Fsp3) is 0.520. The van der Waals surface area contributed by atoms with E-state index in [9.17, 15) is 5.11 Å². The summed E-state index contributed by atoms with van der Waals surface area (Å²) in [5, 5.41) is 36.9. The van der Waals surface area contributed by atoms with Gasteiger partial charge in [0.15, 0.2) is 11.6 Å². The van der Waals surface area contributed by atoms with Crippen molar-refractivity contribution >= 4 is 17.2 Å². The largest absolute Gasteiger partial charge is 0.507 e. The molecule has 1 aromatic carbocycles. The highest BCUT2D eigenvalue weighted by molar-refractivity contribution is 7.15. The van der Waals surface area contributed by atoms with Gasteiger partial charge in [0.1, 0.15) is 23.0 Å². The number of hydrogen-bond donors (Lipinski definition) is 1. The zero-order valence-corrected chi connectivity index (χ0v) is 20.2. The van der Waals surface area contributed by atoms with Crippen molar-refractivity contribution in [3.63, 3.8) is 0 Å². The number of fused-ring (bicyclic) bond motifs is 2. The molecule has 0 saturated heterocycles. The summed E-state index contributed by atoms with van der Waals surface area (Å²) in [5.41, 5.74) is 0.841. The van der Waals surface area contributed by atoms with Crippen molar-refractivity contribution < 1.29 is 9.50 Å². The molecule has 3 aliphatic rings. The zero-order valence-electron chi connectivity index (χ0n) is 19.4. The predicted octanol–water partition coefficient (Wildman–Crippen LogP) is 4.91. The van der Waals surface area contributed by atoms with Crippen LogP contribution in [0.25, 0.3) is 22.0 Å². The van der Waals surface area contributed by atoms with Crippen molar-refractivity contribution in [2.24, 2.45) is 11.3 Å². The van der Waals surface area contributed by atoms with Gasteiger partial charge in [0.05, 0.1) is 17.8 Å². The molecule has 4 atom stereocenters. The van der Waals surface area contributed by atoms with Gasteiger partial charge >= 0.3 is 0 Å². The molecule has 3 aliphatic carbocycles. The molecule has 180 valence electrons. The molecule has 35 heavy (non-hydrogen) atoms. The lowest BCUT2D eigenvalue weighted by molar-refractivity contribution is -0.0125. The standard InChI is InChI=1S/C25H26FN7OS/c1-25-8-2-3-14(11-25)9-18(22(25)26)33(16-5-6-16)20-13-28-23(31-29-20)17-7-4-15(10-19(17)34)24-32-30-21(12-27)35-24/h4,7,10,13-14,16,18,22,34H,2-3,5-6,8-9,11H2,1H3/t14-,18-,22-,25-/m0/s1. The Hall–Kier alpha value is -3.19. The molecule has 6 rings (SSSR count). The molecule has 0 spiro atoms. The van der Waals surface area contributed by atoms with E-state index >= 15 is 4.39 Å². The molecule has 0 amide bonds. The second-order valence-electron chi connectivity index (χ2n) is 10.4. The first kappa shape index (κ1) is 22.3. The van der Waals surface area contributed by atoms with Crippen LogP contribution < -0.4 is 4.90 Å². The zero-order chi connectivity index (χ0) is 24.2. The predicted molar refractivity (Wildman–Crippen MR) is 129 cm³/mol. The Morgan fingerprint density at radius 3 is 2.74 bits per heavy atom. The Morgan fingerprint density at radius 1 is 1.20 bits per heavy atom. The number of aromatic hydroxyl groups is 1. The van der Waals surface area contributed by atoms with E-state index in [1.54, 1.807) is 24.4 Å². The first-order valence-electron chi connectivity index (χ1n) is 12.1. The first-order valence-corrected chi connectivity index (χ1v) is 13.0. The van der Waals surface area contributed by atoms with E-state index < -0.39 is 6.17 Å². The quantitative estimate of drug-likeness (QED) is 0.536. The minimum atomic E-state index is -0.889. The second-order valence-corrected chi connectivity index (χ2v) is 11.3. The maximum Gasteiger partial charge on any atom is 0.218 e. The SMILES string of the molecule is C[C@@]12CCC[C@@H](C[C@H](N(c3cnc(-c4ccc(-c5nnc(C#N)s5)cc4O)nn3)C3CC3)[C@@H]1F)C2. The minimum Gasteiger partial charge on any atom is -0.507 e. The van der Waals surface area contributed by atoms with Crippen molar-refractivity contribution in [2.75, 3.05) is 4.90 Å². The van der Waals surface area contributed by atoms with Crippen LogP contribution in [-0.4, -0.2) is 48.7 Å². The summed E-state index contributed by atoms with van der Waals surface area (Å²) in [6.07, 6.45) is 7.95. The van der Waals surface area contributed by atoms with Gasteiger partial charge in [-0.05, 0) is 50.2 Å². The summed E-state index contributed by atoms with van der Waals surface area (Å²) in [6.45, 7) is 2.11. The molecule has 0 unspecified atom stereocenters. The van der Waals surface area contributed by atoms with Crippen molar-refractivity contribution in [1.82, 2.24) is 25.4 Å². The van der Waals surface area contributed by atoms with Crippen LogP contribution in [0.1, 0.15) is 56.9 Å². The number of phenolic OH excluding ortho intramolecular Hbond substituents is 1. The average molecular weight is 492 g/mol. The van der Waals surface area contributed by atoms with Crippen molar-refractivity contribution in [2.45, 2.75) is 70.1 Å². The third-order valence-corrected chi connectivity index (χ3v) is 8.69. The lowest BCUT2D eigenvalue weighted by Crippen LogP contribution is -2.56. The van der Waals surface area contributed by atoms with E-state index in [0.29, 0.717) is 39.7 Å². The van der Waals surface area contributed by atoms with Gasteiger partial charge in [0, 0.05) is 17.0 Å². The molecule has 2 heterocycles. The number of phenols is 1. The van der Waals surface area contributed by atoms with Gasteiger partial charge in [0.2, 0.25) is 5.01 Å². The lowest BCUT2D eigenvalue weighted by Gasteiger charge is -2.52. The van der Waals surface area contributed by atoms with Gasteiger partial charge in [-0.3, -0.25) is 0 Å². The van der Waals surface area contributed by atoms with Gasteiger partial charge in [-0.15, -0.1) is 20.4 Å². The van der Waals surface area contributed by atoms with E-state index in [4.69, 9.17) is 5.26 Å². The summed E-state index contributed by atoms with van der Waals surface area (Å²) >= 11 is 1.16. The summed E-state index contributed by atoms with van der Waals surface area (Å²) in [6, 6.07) is 7.10. The maximum atomic E-state index is 15.9. The summed E-state index contributed by atoms with van der Waals surface area (Å²) in [4.78, 5) is 6.65. The van der Waals surface area contributed by atoms with E-state index in [1.165, 1.54) is 6.42 Å². The number of hydrogen-bond acceptors (Lipinski definition) is 9. The third kappa shape index (κ3) is 4.01. The molecule has 0 radical (unpaired) electrons. The highest BCUT2D eigenvalue weighted by Crippen LogP contribution is 2.52.